The number of rotatable bonds is 9. The second-order valence-corrected chi connectivity index (χ2v) is 11.6. The minimum atomic E-state index is -3.57. The highest BCUT2D eigenvalue weighted by molar-refractivity contribution is 7.92. The minimum Gasteiger partial charge on any atom is -0.481 e. The molecule has 3 aromatic rings. The lowest BCUT2D eigenvalue weighted by molar-refractivity contribution is -0.136. The molecule has 2 N–H and O–H groups in total. The van der Waals surface area contributed by atoms with Gasteiger partial charge in [0.1, 0.15) is 11.5 Å². The molecule has 1 aromatic heterocycles. The Morgan fingerprint density at radius 2 is 1.78 bits per heavy atom. The Labute approximate surface area is 214 Å². The van der Waals surface area contributed by atoms with E-state index in [4.69, 9.17) is 9.84 Å². The standard InChI is InChI=1S/C24H21F3N2O6S2/c25-14-7-10-19(17(26)11-14)35-21(23(32)29-24-28-18(12-20(30)31)22(27)36-24)13-5-8-16(9-6-13)37(33,34)15-3-1-2-4-15/h5-11,15,21H,1-4,12H2,(H,30,31)(H,28,29,32). The van der Waals surface area contributed by atoms with E-state index in [0.29, 0.717) is 30.2 Å². The number of aliphatic carboxylic acids is 1. The third-order valence-corrected chi connectivity index (χ3v) is 8.91. The Bertz CT molecular complexity index is 1420. The average Bonchev–Trinajstić information content (AvgIpc) is 3.49. The number of ether oxygens (including phenoxy) is 1. The maximum atomic E-state index is 14.3. The van der Waals surface area contributed by atoms with Crippen molar-refractivity contribution in [1.29, 1.82) is 0 Å². The van der Waals surface area contributed by atoms with Crippen molar-refractivity contribution < 1.29 is 41.0 Å². The molecule has 8 nitrogen and oxygen atoms in total. The van der Waals surface area contributed by atoms with Crippen LogP contribution in [-0.4, -0.2) is 35.6 Å². The molecule has 1 amide bonds. The fourth-order valence-electron chi connectivity index (χ4n) is 4.00. The van der Waals surface area contributed by atoms with E-state index in [1.807, 2.05) is 0 Å². The third kappa shape index (κ3) is 6.10. The fourth-order valence-corrected chi connectivity index (χ4v) is 6.57. The second kappa shape index (κ2) is 10.9. The zero-order chi connectivity index (χ0) is 26.7. The summed E-state index contributed by atoms with van der Waals surface area (Å²) < 4.78 is 73.0. The lowest BCUT2D eigenvalue weighted by atomic mass is 10.1. The number of thiazole rings is 1. The second-order valence-electron chi connectivity index (χ2n) is 8.39. The highest BCUT2D eigenvalue weighted by Gasteiger charge is 2.31. The number of anilines is 1. The molecule has 1 saturated carbocycles. The average molecular weight is 555 g/mol. The zero-order valence-corrected chi connectivity index (χ0v) is 20.8. The number of carbonyl (C=O) groups excluding carboxylic acids is 1. The van der Waals surface area contributed by atoms with Crippen LogP contribution in [0.4, 0.5) is 18.3 Å². The lowest BCUT2D eigenvalue weighted by Gasteiger charge is -2.19. The van der Waals surface area contributed by atoms with Crippen molar-refractivity contribution in [3.8, 4) is 5.75 Å². The van der Waals surface area contributed by atoms with Crippen LogP contribution in [0.5, 0.6) is 5.75 Å². The number of hydrogen-bond donors (Lipinski definition) is 2. The van der Waals surface area contributed by atoms with Crippen LogP contribution < -0.4 is 10.1 Å². The van der Waals surface area contributed by atoms with Crippen molar-refractivity contribution in [3.63, 3.8) is 0 Å². The molecule has 196 valence electrons. The number of nitrogens with zero attached hydrogens (tertiary/aromatic N) is 1. The van der Waals surface area contributed by atoms with E-state index >= 15 is 0 Å². The summed E-state index contributed by atoms with van der Waals surface area (Å²) in [6.45, 7) is 0. The summed E-state index contributed by atoms with van der Waals surface area (Å²) in [5.41, 5.74) is -0.245. The quantitative estimate of drug-likeness (QED) is 0.394. The summed E-state index contributed by atoms with van der Waals surface area (Å²) in [6.07, 6.45) is 0.514. The maximum absolute atomic E-state index is 14.3. The normalized spacial score (nSPS) is 14.9. The molecule has 13 heteroatoms. The Hall–Kier alpha value is -3.45. The summed E-state index contributed by atoms with van der Waals surface area (Å²) in [7, 11) is -3.57. The van der Waals surface area contributed by atoms with Gasteiger partial charge in [-0.05, 0) is 37.1 Å². The molecule has 0 saturated heterocycles. The largest absolute Gasteiger partial charge is 0.481 e. The molecule has 1 aliphatic carbocycles. The number of halogens is 3. The highest BCUT2D eigenvalue weighted by Crippen LogP contribution is 2.32. The molecule has 1 heterocycles. The van der Waals surface area contributed by atoms with Gasteiger partial charge in [-0.2, -0.15) is 4.39 Å². The predicted octanol–water partition coefficient (Wildman–Crippen LogP) is 4.66. The van der Waals surface area contributed by atoms with Gasteiger partial charge in [-0.15, -0.1) is 0 Å². The monoisotopic (exact) mass is 554 g/mol. The number of aromatic nitrogens is 1. The van der Waals surface area contributed by atoms with Gasteiger partial charge < -0.3 is 9.84 Å². The fraction of sp³-hybridized carbons (Fsp3) is 0.292. The van der Waals surface area contributed by atoms with Crippen molar-refractivity contribution in [2.75, 3.05) is 5.32 Å². The number of hydrogen-bond acceptors (Lipinski definition) is 7. The first-order chi connectivity index (χ1) is 17.5. The van der Waals surface area contributed by atoms with Crippen LogP contribution in [0.3, 0.4) is 0 Å². The highest BCUT2D eigenvalue weighted by atomic mass is 32.2. The van der Waals surface area contributed by atoms with Crippen LogP contribution in [0.2, 0.25) is 0 Å². The third-order valence-electron chi connectivity index (χ3n) is 5.83. The number of carboxylic acid groups (broad SMARTS) is 1. The van der Waals surface area contributed by atoms with Gasteiger partial charge in [-0.3, -0.25) is 14.9 Å². The Morgan fingerprint density at radius 3 is 2.41 bits per heavy atom. The molecule has 1 fully saturated rings. The first kappa shape index (κ1) is 26.6. The van der Waals surface area contributed by atoms with Crippen LogP contribution in [0.1, 0.15) is 43.0 Å². The van der Waals surface area contributed by atoms with E-state index < -0.39 is 62.0 Å². The molecule has 0 aliphatic heterocycles. The molecular formula is C24H21F3N2O6S2. The van der Waals surface area contributed by atoms with E-state index in [9.17, 15) is 31.2 Å². The number of carboxylic acids is 1. The summed E-state index contributed by atoms with van der Waals surface area (Å²) >= 11 is 0.397. The molecule has 0 radical (unpaired) electrons. The van der Waals surface area contributed by atoms with Gasteiger partial charge in [0.25, 0.3) is 5.91 Å². The zero-order valence-electron chi connectivity index (χ0n) is 19.1. The molecule has 37 heavy (non-hydrogen) atoms. The van der Waals surface area contributed by atoms with Gasteiger partial charge in [-0.25, -0.2) is 22.2 Å². The number of benzene rings is 2. The van der Waals surface area contributed by atoms with Crippen LogP contribution in [0.25, 0.3) is 0 Å². The maximum Gasteiger partial charge on any atom is 0.309 e. The van der Waals surface area contributed by atoms with Crippen LogP contribution in [0, 0.1) is 16.8 Å². The molecular weight excluding hydrogens is 533 g/mol. The molecule has 0 spiro atoms. The van der Waals surface area contributed by atoms with Gasteiger partial charge in [0.05, 0.1) is 16.6 Å². The smallest absolute Gasteiger partial charge is 0.309 e. The Balaban J connectivity index is 1.63. The van der Waals surface area contributed by atoms with Crippen molar-refractivity contribution >= 4 is 38.2 Å². The van der Waals surface area contributed by atoms with Gasteiger partial charge >= 0.3 is 5.97 Å². The summed E-state index contributed by atoms with van der Waals surface area (Å²) in [4.78, 5) is 27.8. The SMILES string of the molecule is O=C(O)Cc1nc(NC(=O)C(Oc2ccc(F)cc2F)c2ccc(S(=O)(=O)C3CCCC3)cc2)sc1F. The van der Waals surface area contributed by atoms with Crippen molar-refractivity contribution in [3.05, 3.63) is 70.5 Å². The summed E-state index contributed by atoms with van der Waals surface area (Å²) in [6, 6.07) is 7.80. The lowest BCUT2D eigenvalue weighted by Crippen LogP contribution is -2.26. The van der Waals surface area contributed by atoms with Crippen LogP contribution >= 0.6 is 11.3 Å². The number of sulfone groups is 1. The van der Waals surface area contributed by atoms with E-state index in [-0.39, 0.29) is 21.3 Å². The van der Waals surface area contributed by atoms with Gasteiger partial charge in [-0.1, -0.05) is 36.3 Å². The van der Waals surface area contributed by atoms with Gasteiger partial charge in [0.15, 0.2) is 26.5 Å². The predicted molar refractivity (Wildman–Crippen MR) is 128 cm³/mol. The first-order valence-corrected chi connectivity index (χ1v) is 13.5. The van der Waals surface area contributed by atoms with E-state index in [1.165, 1.54) is 24.3 Å². The molecule has 4 rings (SSSR count). The van der Waals surface area contributed by atoms with Gasteiger partial charge in [0, 0.05) is 11.6 Å². The van der Waals surface area contributed by atoms with E-state index in [0.717, 1.165) is 25.0 Å². The van der Waals surface area contributed by atoms with Crippen LogP contribution in [-0.2, 0) is 25.8 Å². The molecule has 1 aliphatic rings. The Kier molecular flexibility index (Phi) is 7.83. The van der Waals surface area contributed by atoms with E-state index in [1.54, 1.807) is 0 Å². The van der Waals surface area contributed by atoms with E-state index in [2.05, 4.69) is 10.3 Å². The van der Waals surface area contributed by atoms with Crippen molar-refractivity contribution in [2.24, 2.45) is 0 Å². The summed E-state index contributed by atoms with van der Waals surface area (Å²) in [5, 5.41) is 9.53. The molecule has 0 bridgehead atoms. The molecule has 1 unspecified atom stereocenters. The Morgan fingerprint density at radius 1 is 1.11 bits per heavy atom. The molecule has 2 aromatic carbocycles. The number of carbonyl (C=O) groups is 2. The van der Waals surface area contributed by atoms with Crippen molar-refractivity contribution in [1.82, 2.24) is 4.98 Å². The number of nitrogens with one attached hydrogen (secondary N) is 1. The number of amides is 1. The van der Waals surface area contributed by atoms with Gasteiger partial charge in [0.2, 0.25) is 11.2 Å². The van der Waals surface area contributed by atoms with Crippen LogP contribution in [0.15, 0.2) is 47.4 Å². The molecule has 1 atom stereocenters. The van der Waals surface area contributed by atoms with Crippen molar-refractivity contribution in [2.45, 2.75) is 48.4 Å². The first-order valence-electron chi connectivity index (χ1n) is 11.2. The summed E-state index contributed by atoms with van der Waals surface area (Å²) in [5.74, 6) is -4.65. The topological polar surface area (TPSA) is 123 Å². The minimum absolute atomic E-state index is 0.0653.